The number of aliphatic imine (C=N–C) groups is 1. The second-order valence-electron chi connectivity index (χ2n) is 11.7. The van der Waals surface area contributed by atoms with Gasteiger partial charge in [-0.25, -0.2) is 19.4 Å². The molecule has 0 spiro atoms. The minimum atomic E-state index is -0.820. The van der Waals surface area contributed by atoms with Gasteiger partial charge in [0.2, 0.25) is 5.96 Å². The van der Waals surface area contributed by atoms with Gasteiger partial charge in [0.05, 0.1) is 18.9 Å². The van der Waals surface area contributed by atoms with Crippen molar-refractivity contribution in [1.29, 1.82) is 0 Å². The van der Waals surface area contributed by atoms with Crippen molar-refractivity contribution in [3.8, 4) is 0 Å². The molecule has 2 aromatic rings. The Morgan fingerprint density at radius 2 is 1.42 bits per heavy atom. The molecule has 43 heavy (non-hydrogen) atoms. The molecule has 0 bridgehead atoms. The second-order valence-corrected chi connectivity index (χ2v) is 11.7. The highest BCUT2D eigenvalue weighted by Crippen LogP contribution is 2.17. The number of rotatable bonds is 6. The van der Waals surface area contributed by atoms with Crippen molar-refractivity contribution >= 4 is 41.5 Å². The predicted molar refractivity (Wildman–Crippen MR) is 159 cm³/mol. The van der Waals surface area contributed by atoms with Gasteiger partial charge in [0, 0.05) is 24.2 Å². The second kappa shape index (κ2) is 14.5. The molecule has 13 nitrogen and oxygen atoms in total. The number of carbonyl (C=O) groups excluding carboxylic acids is 4. The largest absolute Gasteiger partial charge is 0.444 e. The van der Waals surface area contributed by atoms with Crippen LogP contribution in [0.15, 0.2) is 53.5 Å². The van der Waals surface area contributed by atoms with Crippen molar-refractivity contribution in [3.05, 3.63) is 59.7 Å². The van der Waals surface area contributed by atoms with Gasteiger partial charge in [-0.15, -0.1) is 0 Å². The summed E-state index contributed by atoms with van der Waals surface area (Å²) < 4.78 is 21.0. The van der Waals surface area contributed by atoms with Crippen LogP contribution in [0.3, 0.4) is 0 Å². The molecule has 1 fully saturated rings. The number of ether oxygens (including phenoxy) is 4. The van der Waals surface area contributed by atoms with Crippen molar-refractivity contribution in [3.63, 3.8) is 0 Å². The van der Waals surface area contributed by atoms with E-state index in [9.17, 15) is 19.2 Å². The summed E-state index contributed by atoms with van der Waals surface area (Å²) in [5.41, 5.74) is 0.542. The van der Waals surface area contributed by atoms with Crippen molar-refractivity contribution in [2.24, 2.45) is 4.99 Å². The number of amides is 4. The van der Waals surface area contributed by atoms with E-state index in [0.717, 1.165) is 5.56 Å². The zero-order chi connectivity index (χ0) is 31.6. The van der Waals surface area contributed by atoms with Crippen LogP contribution in [0.5, 0.6) is 0 Å². The SMILES string of the molecule is CC(C)(C)OC(=O)NC(=Nc1ccc(C(=O)Nc2ccc(CNC(=O)O[C@@H]3CCOC3)cc2)cc1)NC(=O)OC(C)(C)C. The topological polar surface area (TPSA) is 166 Å². The molecule has 1 heterocycles. The summed E-state index contributed by atoms with van der Waals surface area (Å²) in [4.78, 5) is 53.6. The Bertz CT molecular complexity index is 1270. The van der Waals surface area contributed by atoms with E-state index in [1.54, 1.807) is 90.1 Å². The highest BCUT2D eigenvalue weighted by atomic mass is 16.6. The number of carbonyl (C=O) groups is 4. The van der Waals surface area contributed by atoms with Crippen LogP contribution < -0.4 is 21.3 Å². The first-order valence-electron chi connectivity index (χ1n) is 13.8. The summed E-state index contributed by atoms with van der Waals surface area (Å²) in [5, 5.41) is 10.3. The molecule has 1 aliphatic rings. The van der Waals surface area contributed by atoms with Gasteiger partial charge in [0.15, 0.2) is 0 Å². The monoisotopic (exact) mass is 597 g/mol. The van der Waals surface area contributed by atoms with E-state index < -0.39 is 29.5 Å². The molecule has 1 saturated heterocycles. The first-order chi connectivity index (χ1) is 20.1. The van der Waals surface area contributed by atoms with Gasteiger partial charge >= 0.3 is 18.3 Å². The van der Waals surface area contributed by atoms with E-state index in [4.69, 9.17) is 18.9 Å². The molecular formula is C30H39N5O8. The molecule has 1 aliphatic heterocycles. The first-order valence-corrected chi connectivity index (χ1v) is 13.8. The lowest BCUT2D eigenvalue weighted by Gasteiger charge is -2.22. The lowest BCUT2D eigenvalue weighted by atomic mass is 10.1. The summed E-state index contributed by atoms with van der Waals surface area (Å²) in [5.74, 6) is -0.571. The van der Waals surface area contributed by atoms with Crippen LogP contribution in [0.4, 0.5) is 25.8 Å². The molecule has 2 aromatic carbocycles. The minimum absolute atomic E-state index is 0.212. The molecule has 3 rings (SSSR count). The van der Waals surface area contributed by atoms with E-state index in [-0.39, 0.29) is 24.5 Å². The lowest BCUT2D eigenvalue weighted by molar-refractivity contribution is 0.0544. The highest BCUT2D eigenvalue weighted by Gasteiger charge is 2.22. The van der Waals surface area contributed by atoms with E-state index in [0.29, 0.717) is 36.6 Å². The third-order valence-corrected chi connectivity index (χ3v) is 5.42. The maximum atomic E-state index is 12.8. The number of hydrogen-bond acceptors (Lipinski definition) is 9. The van der Waals surface area contributed by atoms with Gasteiger partial charge in [-0.05, 0) is 83.5 Å². The van der Waals surface area contributed by atoms with Crippen molar-refractivity contribution in [1.82, 2.24) is 16.0 Å². The molecule has 0 aliphatic carbocycles. The standard InChI is InChI=1S/C30H39N5O8/c1-29(2,3)42-27(38)34-25(35-28(39)43-30(4,5)6)33-22-13-9-20(10-14-22)24(36)32-21-11-7-19(8-12-21)17-31-26(37)41-23-15-16-40-18-23/h7-14,23H,15-18H2,1-6H3,(H,31,37)(H,32,36)(H2,33,34,35,38,39)/t23-/m1/s1. The molecular weight excluding hydrogens is 558 g/mol. The average molecular weight is 598 g/mol. The zero-order valence-corrected chi connectivity index (χ0v) is 25.2. The average Bonchev–Trinajstić information content (AvgIpc) is 3.39. The Morgan fingerprint density at radius 1 is 0.837 bits per heavy atom. The number of nitrogens with zero attached hydrogens (tertiary/aromatic N) is 1. The minimum Gasteiger partial charge on any atom is -0.444 e. The van der Waals surface area contributed by atoms with Crippen LogP contribution in [0, 0.1) is 0 Å². The highest BCUT2D eigenvalue weighted by molar-refractivity contribution is 6.05. The Morgan fingerprint density at radius 3 is 1.93 bits per heavy atom. The van der Waals surface area contributed by atoms with Crippen LogP contribution in [0.1, 0.15) is 63.9 Å². The summed E-state index contributed by atoms with van der Waals surface area (Å²) >= 11 is 0. The number of nitrogens with one attached hydrogen (secondary N) is 4. The van der Waals surface area contributed by atoms with Crippen LogP contribution >= 0.6 is 0 Å². The van der Waals surface area contributed by atoms with Gasteiger partial charge in [0.25, 0.3) is 5.91 Å². The fourth-order valence-corrected chi connectivity index (χ4v) is 3.59. The van der Waals surface area contributed by atoms with E-state index >= 15 is 0 Å². The van der Waals surface area contributed by atoms with Crippen molar-refractivity contribution < 1.29 is 38.1 Å². The zero-order valence-electron chi connectivity index (χ0n) is 25.2. The summed E-state index contributed by atoms with van der Waals surface area (Å²) in [7, 11) is 0. The molecule has 4 amide bonds. The van der Waals surface area contributed by atoms with Crippen LogP contribution in [-0.2, 0) is 25.5 Å². The molecule has 0 aromatic heterocycles. The van der Waals surface area contributed by atoms with Crippen molar-refractivity contribution in [2.75, 3.05) is 18.5 Å². The van der Waals surface area contributed by atoms with Gasteiger partial charge in [-0.2, -0.15) is 0 Å². The maximum absolute atomic E-state index is 12.8. The van der Waals surface area contributed by atoms with Crippen LogP contribution in [0.25, 0.3) is 0 Å². The van der Waals surface area contributed by atoms with Crippen LogP contribution in [0.2, 0.25) is 0 Å². The summed E-state index contributed by atoms with van der Waals surface area (Å²) in [6.45, 7) is 11.5. The number of hydrogen-bond donors (Lipinski definition) is 4. The van der Waals surface area contributed by atoms with Gasteiger partial charge in [0.1, 0.15) is 17.3 Å². The fraction of sp³-hybridized carbons (Fsp3) is 0.433. The molecule has 13 heteroatoms. The summed E-state index contributed by atoms with van der Waals surface area (Å²) in [6, 6.07) is 13.2. The lowest BCUT2D eigenvalue weighted by Crippen LogP contribution is -2.47. The Labute approximate surface area is 250 Å². The van der Waals surface area contributed by atoms with E-state index in [1.807, 2.05) is 0 Å². The summed E-state index contributed by atoms with van der Waals surface area (Å²) in [6.07, 6.45) is -1.68. The molecule has 4 N–H and O–H groups in total. The van der Waals surface area contributed by atoms with E-state index in [2.05, 4.69) is 26.3 Å². The molecule has 1 atom stereocenters. The van der Waals surface area contributed by atoms with E-state index in [1.165, 1.54) is 0 Å². The quantitative estimate of drug-likeness (QED) is 0.205. The molecule has 232 valence electrons. The molecule has 0 unspecified atom stereocenters. The number of benzene rings is 2. The number of anilines is 1. The predicted octanol–water partition coefficient (Wildman–Crippen LogP) is 4.99. The molecule has 0 saturated carbocycles. The van der Waals surface area contributed by atoms with Gasteiger partial charge in [-0.3, -0.25) is 15.4 Å². The van der Waals surface area contributed by atoms with Gasteiger partial charge in [-0.1, -0.05) is 12.1 Å². The third-order valence-electron chi connectivity index (χ3n) is 5.42. The third kappa shape index (κ3) is 12.4. The van der Waals surface area contributed by atoms with Crippen molar-refractivity contribution in [2.45, 2.75) is 71.8 Å². The Kier molecular flexibility index (Phi) is 11.1. The Hall–Kier alpha value is -4.65. The number of alkyl carbamates (subject to hydrolysis) is 3. The number of guanidine groups is 1. The molecule has 0 radical (unpaired) electrons. The van der Waals surface area contributed by atoms with Crippen LogP contribution in [-0.4, -0.2) is 60.7 Å². The first kappa shape index (κ1) is 32.9. The smallest absolute Gasteiger partial charge is 0.414 e. The maximum Gasteiger partial charge on any atom is 0.414 e. The normalized spacial score (nSPS) is 14.6. The Balaban J connectivity index is 1.59. The van der Waals surface area contributed by atoms with Gasteiger partial charge < -0.3 is 29.6 Å². The fourth-order valence-electron chi connectivity index (χ4n) is 3.59.